The summed E-state index contributed by atoms with van der Waals surface area (Å²) in [6, 6.07) is 12.1. The number of hydrogen-bond donors (Lipinski definition) is 2. The highest BCUT2D eigenvalue weighted by Crippen LogP contribution is 2.28. The van der Waals surface area contributed by atoms with E-state index in [1.165, 1.54) is 12.1 Å². The highest BCUT2D eigenvalue weighted by atomic mass is 35.5. The number of aromatic nitrogens is 2. The Kier molecular flexibility index (Phi) is 5.88. The van der Waals surface area contributed by atoms with Crippen LogP contribution in [0.2, 0.25) is 5.02 Å². The molecule has 1 heterocycles. The van der Waals surface area contributed by atoms with Crippen molar-refractivity contribution < 1.29 is 17.9 Å². The normalized spacial score (nSPS) is 13.5. The second-order valence-electron chi connectivity index (χ2n) is 6.41. The van der Waals surface area contributed by atoms with E-state index < -0.39 is 22.0 Å². The van der Waals surface area contributed by atoms with E-state index in [0.717, 1.165) is 6.26 Å². The molecule has 3 rings (SSSR count). The van der Waals surface area contributed by atoms with Crippen LogP contribution in [-0.4, -0.2) is 36.1 Å². The van der Waals surface area contributed by atoms with Crippen LogP contribution in [0.5, 0.6) is 0 Å². The molecule has 0 bridgehead atoms. The van der Waals surface area contributed by atoms with Gasteiger partial charge in [0.1, 0.15) is 12.1 Å². The predicted octanol–water partition coefficient (Wildman–Crippen LogP) is 3.20. The van der Waals surface area contributed by atoms with Crippen LogP contribution in [0.15, 0.2) is 51.8 Å². The topological polar surface area (TPSA) is 129 Å². The number of halogens is 1. The van der Waals surface area contributed by atoms with Crippen molar-refractivity contribution in [2.24, 2.45) is 0 Å². The van der Waals surface area contributed by atoms with Crippen LogP contribution in [0.25, 0.3) is 11.5 Å². The van der Waals surface area contributed by atoms with Gasteiger partial charge < -0.3 is 14.8 Å². The maximum Gasteiger partial charge on any atom is 0.247 e. The minimum Gasteiger partial charge on any atom is -0.418 e. The first kappa shape index (κ1) is 20.8. The van der Waals surface area contributed by atoms with Gasteiger partial charge in [-0.15, -0.1) is 10.2 Å². The van der Waals surface area contributed by atoms with Gasteiger partial charge >= 0.3 is 0 Å². The Hall–Kier alpha value is -2.93. The van der Waals surface area contributed by atoms with Gasteiger partial charge in [-0.25, -0.2) is 8.42 Å². The Balaban J connectivity index is 1.86. The zero-order valence-electron chi connectivity index (χ0n) is 15.5. The third-order valence-electron chi connectivity index (χ3n) is 4.13. The van der Waals surface area contributed by atoms with E-state index >= 15 is 0 Å². The second kappa shape index (κ2) is 8.21. The van der Waals surface area contributed by atoms with Crippen molar-refractivity contribution in [1.29, 1.82) is 5.26 Å². The van der Waals surface area contributed by atoms with Crippen LogP contribution in [0.4, 0.5) is 5.69 Å². The number of hydrogen-bond acceptors (Lipinski definition) is 8. The van der Waals surface area contributed by atoms with Crippen molar-refractivity contribution in [2.45, 2.75) is 24.0 Å². The zero-order chi connectivity index (χ0) is 21.2. The van der Waals surface area contributed by atoms with E-state index in [2.05, 4.69) is 15.5 Å². The summed E-state index contributed by atoms with van der Waals surface area (Å²) in [5, 5.41) is 30.4. The van der Waals surface area contributed by atoms with Gasteiger partial charge in [0.2, 0.25) is 11.8 Å². The maximum absolute atomic E-state index is 11.6. The first-order valence-corrected chi connectivity index (χ1v) is 10.7. The molecule has 0 aliphatic heterocycles. The van der Waals surface area contributed by atoms with E-state index in [9.17, 15) is 13.5 Å². The average molecular weight is 433 g/mol. The highest BCUT2D eigenvalue weighted by Gasteiger charge is 2.24. The summed E-state index contributed by atoms with van der Waals surface area (Å²) in [5.41, 5.74) is 1.45. The Labute approximate surface area is 172 Å². The van der Waals surface area contributed by atoms with Gasteiger partial charge in [0.25, 0.3) is 0 Å². The number of aliphatic hydroxyl groups is 1. The van der Waals surface area contributed by atoms with Gasteiger partial charge in [0.15, 0.2) is 9.84 Å². The van der Waals surface area contributed by atoms with Gasteiger partial charge in [-0.2, -0.15) is 5.26 Å². The predicted molar refractivity (Wildman–Crippen MR) is 107 cm³/mol. The lowest BCUT2D eigenvalue weighted by Gasteiger charge is -2.19. The molecule has 10 heteroatoms. The molecule has 0 amide bonds. The molecule has 0 saturated heterocycles. The largest absolute Gasteiger partial charge is 0.418 e. The van der Waals surface area contributed by atoms with E-state index in [1.54, 1.807) is 37.3 Å². The molecule has 0 aliphatic carbocycles. The lowest BCUT2D eigenvalue weighted by molar-refractivity contribution is 0.160. The third kappa shape index (κ3) is 4.74. The highest BCUT2D eigenvalue weighted by molar-refractivity contribution is 7.90. The number of rotatable bonds is 6. The van der Waals surface area contributed by atoms with E-state index in [4.69, 9.17) is 21.3 Å². The molecule has 8 nitrogen and oxygen atoms in total. The Morgan fingerprint density at radius 1 is 1.21 bits per heavy atom. The molecule has 150 valence electrons. The standard InChI is InChI=1S/C19H17ClN4O4S/c1-11(25)17(22-14-6-3-13(10-21)16(20)9-14)19-24-23-18(28-19)12-4-7-15(8-5-12)29(2,26)27/h3-9,11,17,22,25H,1-2H3/t11-,17?/m0/s1. The summed E-state index contributed by atoms with van der Waals surface area (Å²) in [5.74, 6) is 0.327. The summed E-state index contributed by atoms with van der Waals surface area (Å²) in [7, 11) is -3.31. The molecule has 2 atom stereocenters. The molecule has 0 spiro atoms. The van der Waals surface area contributed by atoms with Gasteiger partial charge in [0.05, 0.1) is 21.6 Å². The number of nitriles is 1. The van der Waals surface area contributed by atoms with Crippen molar-refractivity contribution in [3.05, 3.63) is 58.9 Å². The molecule has 3 aromatic rings. The van der Waals surface area contributed by atoms with E-state index in [1.807, 2.05) is 6.07 Å². The van der Waals surface area contributed by atoms with E-state index in [-0.39, 0.29) is 21.7 Å². The molecule has 2 N–H and O–H groups in total. The molecule has 0 radical (unpaired) electrons. The summed E-state index contributed by atoms with van der Waals surface area (Å²) in [6.07, 6.45) is 0.242. The molecule has 1 aromatic heterocycles. The quantitative estimate of drug-likeness (QED) is 0.607. The number of anilines is 1. The van der Waals surface area contributed by atoms with Crippen LogP contribution < -0.4 is 5.32 Å². The number of benzene rings is 2. The fourth-order valence-corrected chi connectivity index (χ4v) is 3.44. The van der Waals surface area contributed by atoms with Gasteiger partial charge in [-0.1, -0.05) is 11.6 Å². The van der Waals surface area contributed by atoms with Crippen LogP contribution in [-0.2, 0) is 9.84 Å². The molecule has 0 saturated carbocycles. The first-order chi connectivity index (χ1) is 13.7. The van der Waals surface area contributed by atoms with Crippen molar-refractivity contribution >= 4 is 27.1 Å². The summed E-state index contributed by atoms with van der Waals surface area (Å²) >= 11 is 6.05. The SMILES string of the molecule is C[C@H](O)C(Nc1ccc(C#N)c(Cl)c1)c1nnc(-c2ccc(S(C)(=O)=O)cc2)o1. The molecular formula is C19H17ClN4O4S. The number of nitrogens with zero attached hydrogens (tertiary/aromatic N) is 3. The van der Waals surface area contributed by atoms with Crippen molar-refractivity contribution in [3.8, 4) is 17.5 Å². The van der Waals surface area contributed by atoms with Crippen LogP contribution in [0, 0.1) is 11.3 Å². The molecular weight excluding hydrogens is 416 g/mol. The average Bonchev–Trinajstić information content (AvgIpc) is 3.15. The third-order valence-corrected chi connectivity index (χ3v) is 5.57. The maximum atomic E-state index is 11.6. The van der Waals surface area contributed by atoms with Crippen molar-refractivity contribution in [2.75, 3.05) is 11.6 Å². The first-order valence-electron chi connectivity index (χ1n) is 8.47. The van der Waals surface area contributed by atoms with Crippen molar-refractivity contribution in [3.63, 3.8) is 0 Å². The zero-order valence-corrected chi connectivity index (χ0v) is 17.1. The molecule has 0 fully saturated rings. The lowest BCUT2D eigenvalue weighted by atomic mass is 10.1. The fraction of sp³-hybridized carbons (Fsp3) is 0.211. The van der Waals surface area contributed by atoms with E-state index in [0.29, 0.717) is 16.8 Å². The summed E-state index contributed by atoms with van der Waals surface area (Å²) in [4.78, 5) is 0.183. The van der Waals surface area contributed by atoms with Crippen LogP contribution in [0.3, 0.4) is 0 Å². The Morgan fingerprint density at radius 2 is 1.90 bits per heavy atom. The van der Waals surface area contributed by atoms with Gasteiger partial charge in [-0.3, -0.25) is 0 Å². The monoisotopic (exact) mass is 432 g/mol. The molecule has 1 unspecified atom stereocenters. The summed E-state index contributed by atoms with van der Waals surface area (Å²) in [6.45, 7) is 1.56. The van der Waals surface area contributed by atoms with Crippen LogP contribution >= 0.6 is 11.6 Å². The molecule has 29 heavy (non-hydrogen) atoms. The van der Waals surface area contributed by atoms with Gasteiger partial charge in [-0.05, 0) is 49.4 Å². The summed E-state index contributed by atoms with van der Waals surface area (Å²) < 4.78 is 28.8. The molecule has 2 aromatic carbocycles. The molecule has 0 aliphatic rings. The fourth-order valence-electron chi connectivity index (χ4n) is 2.59. The minimum absolute atomic E-state index is 0.141. The number of nitrogens with one attached hydrogen (secondary N) is 1. The Bertz CT molecular complexity index is 1170. The number of aliphatic hydroxyl groups excluding tert-OH is 1. The smallest absolute Gasteiger partial charge is 0.247 e. The minimum atomic E-state index is -3.31. The number of sulfone groups is 1. The second-order valence-corrected chi connectivity index (χ2v) is 8.83. The van der Waals surface area contributed by atoms with Gasteiger partial charge in [0, 0.05) is 17.5 Å². The van der Waals surface area contributed by atoms with Crippen LogP contribution in [0.1, 0.15) is 24.4 Å². The Morgan fingerprint density at radius 3 is 2.45 bits per heavy atom. The lowest BCUT2D eigenvalue weighted by Crippen LogP contribution is -2.23. The van der Waals surface area contributed by atoms with Crippen molar-refractivity contribution in [1.82, 2.24) is 10.2 Å².